The van der Waals surface area contributed by atoms with Crippen LogP contribution in [0.4, 0.5) is 0 Å². The molecule has 3 atom stereocenters. The minimum Gasteiger partial charge on any atom is -0.349 e. The molecule has 1 unspecified atom stereocenters. The van der Waals surface area contributed by atoms with Crippen LogP contribution in [0.1, 0.15) is 28.5 Å². The second-order valence-corrected chi connectivity index (χ2v) is 10.2. The maximum atomic E-state index is 12.9. The van der Waals surface area contributed by atoms with Gasteiger partial charge in [-0.1, -0.05) is 91.0 Å². The number of nitrogens with zero attached hydrogens (tertiary/aromatic N) is 2. The summed E-state index contributed by atoms with van der Waals surface area (Å²) < 4.78 is 24.1. The molecule has 5 rings (SSSR count). The molecule has 1 aliphatic rings. The average Bonchev–Trinajstić information content (AvgIpc) is 2.96. The van der Waals surface area contributed by atoms with Gasteiger partial charge in [0.1, 0.15) is 12.7 Å². The fourth-order valence-corrected chi connectivity index (χ4v) is 5.66. The molecule has 0 saturated carbocycles. The van der Waals surface area contributed by atoms with Gasteiger partial charge in [0.2, 0.25) is 0 Å². The maximum Gasteiger partial charge on any atom is 0.694 e. The predicted octanol–water partition coefficient (Wildman–Crippen LogP) is 3.70. The summed E-state index contributed by atoms with van der Waals surface area (Å²) in [5.74, 6) is 0. The molecule has 39 heavy (non-hydrogen) atoms. The average molecular weight is 547 g/mol. The number of ether oxygens (including phenoxy) is 1. The second-order valence-electron chi connectivity index (χ2n) is 9.44. The van der Waals surface area contributed by atoms with Crippen molar-refractivity contribution in [2.45, 2.75) is 24.8 Å². The molecule has 4 aromatic rings. The summed E-state index contributed by atoms with van der Waals surface area (Å²) in [6, 6.07) is 30.2. The summed E-state index contributed by atoms with van der Waals surface area (Å²) in [4.78, 5) is 38.9. The lowest BCUT2D eigenvalue weighted by molar-refractivity contribution is -0.148. The molecule has 1 aliphatic heterocycles. The number of hydrogen-bond donors (Lipinski definition) is 2. The van der Waals surface area contributed by atoms with Crippen molar-refractivity contribution in [3.63, 3.8) is 0 Å². The second kappa shape index (κ2) is 11.6. The van der Waals surface area contributed by atoms with Gasteiger partial charge >= 0.3 is 13.9 Å². The molecule has 0 bridgehead atoms. The SMILES string of the molecule is Cc1cn([C@H]2CN(C(c3ccccc3)(c3ccccc3)c3ccccc3)C[C@@H](CO[P+](=O)O)O2)c(=O)[nH]c1=O. The van der Waals surface area contributed by atoms with Gasteiger partial charge in [-0.2, -0.15) is 0 Å². The zero-order valence-corrected chi connectivity index (χ0v) is 22.2. The van der Waals surface area contributed by atoms with Crippen LogP contribution < -0.4 is 11.2 Å². The van der Waals surface area contributed by atoms with E-state index in [-0.39, 0.29) is 13.2 Å². The Labute approximate surface area is 226 Å². The van der Waals surface area contributed by atoms with Crippen molar-refractivity contribution in [2.24, 2.45) is 0 Å². The number of aromatic nitrogens is 2. The quantitative estimate of drug-likeness (QED) is 0.256. The number of H-pyrrole nitrogens is 1. The molecule has 0 amide bonds. The van der Waals surface area contributed by atoms with Crippen molar-refractivity contribution in [1.82, 2.24) is 14.5 Å². The Morgan fingerprint density at radius 2 is 1.44 bits per heavy atom. The van der Waals surface area contributed by atoms with Crippen LogP contribution in [0, 0.1) is 6.92 Å². The van der Waals surface area contributed by atoms with Crippen molar-refractivity contribution < 1.29 is 18.7 Å². The number of rotatable bonds is 8. The van der Waals surface area contributed by atoms with Crippen LogP contribution in [-0.2, 0) is 19.4 Å². The number of morpholine rings is 1. The first-order chi connectivity index (χ1) is 18.9. The zero-order valence-electron chi connectivity index (χ0n) is 21.3. The Balaban J connectivity index is 1.73. The number of nitrogens with one attached hydrogen (secondary N) is 1. The third-order valence-electron chi connectivity index (χ3n) is 7.03. The normalized spacial score (nSPS) is 18.6. The molecule has 2 heterocycles. The van der Waals surface area contributed by atoms with Crippen LogP contribution in [0.15, 0.2) is 107 Å². The number of aromatic amines is 1. The minimum atomic E-state index is -2.85. The molecule has 1 saturated heterocycles. The molecule has 200 valence electrons. The van der Waals surface area contributed by atoms with E-state index in [1.54, 1.807) is 6.92 Å². The number of benzene rings is 3. The van der Waals surface area contributed by atoms with Crippen LogP contribution in [0.2, 0.25) is 0 Å². The topological polar surface area (TPSA) is 114 Å². The van der Waals surface area contributed by atoms with E-state index in [1.807, 2.05) is 54.6 Å². The van der Waals surface area contributed by atoms with Crippen molar-refractivity contribution in [1.29, 1.82) is 0 Å². The van der Waals surface area contributed by atoms with E-state index < -0.39 is 37.4 Å². The van der Waals surface area contributed by atoms with Gasteiger partial charge in [-0.3, -0.25) is 19.2 Å². The minimum absolute atomic E-state index is 0.162. The van der Waals surface area contributed by atoms with Gasteiger partial charge in [0.25, 0.3) is 5.56 Å². The highest BCUT2D eigenvalue weighted by molar-refractivity contribution is 7.32. The predicted molar refractivity (Wildman–Crippen MR) is 147 cm³/mol. The molecule has 10 heteroatoms. The third kappa shape index (κ3) is 5.41. The zero-order chi connectivity index (χ0) is 27.4. The molecule has 3 aromatic carbocycles. The Kier molecular flexibility index (Phi) is 7.97. The first-order valence-electron chi connectivity index (χ1n) is 12.6. The molecule has 0 radical (unpaired) electrons. The Bertz CT molecular complexity index is 1450. The van der Waals surface area contributed by atoms with E-state index in [0.29, 0.717) is 12.1 Å². The van der Waals surface area contributed by atoms with Gasteiger partial charge in [-0.15, -0.1) is 9.42 Å². The van der Waals surface area contributed by atoms with E-state index >= 15 is 0 Å². The van der Waals surface area contributed by atoms with E-state index in [9.17, 15) is 19.0 Å². The molecular formula is C29H29N3O6P+. The highest BCUT2D eigenvalue weighted by Gasteiger charge is 2.47. The summed E-state index contributed by atoms with van der Waals surface area (Å²) >= 11 is 0. The largest absolute Gasteiger partial charge is 0.694 e. The van der Waals surface area contributed by atoms with Crippen LogP contribution in [0.25, 0.3) is 0 Å². The van der Waals surface area contributed by atoms with Crippen molar-refractivity contribution in [3.05, 3.63) is 140 Å². The van der Waals surface area contributed by atoms with E-state index in [4.69, 9.17) is 9.26 Å². The number of aryl methyl sites for hydroxylation is 1. The van der Waals surface area contributed by atoms with Gasteiger partial charge in [0, 0.05) is 29.4 Å². The smallest absolute Gasteiger partial charge is 0.349 e. The van der Waals surface area contributed by atoms with Gasteiger partial charge in [-0.25, -0.2) is 4.79 Å². The Morgan fingerprint density at radius 1 is 0.923 bits per heavy atom. The molecular weight excluding hydrogens is 517 g/mol. The van der Waals surface area contributed by atoms with E-state index in [1.165, 1.54) is 10.8 Å². The maximum absolute atomic E-state index is 12.9. The Morgan fingerprint density at radius 3 is 1.92 bits per heavy atom. The lowest BCUT2D eigenvalue weighted by Gasteiger charge is -2.50. The molecule has 0 aliphatic carbocycles. The van der Waals surface area contributed by atoms with Crippen LogP contribution >= 0.6 is 8.25 Å². The fraction of sp³-hybridized carbons (Fsp3) is 0.241. The van der Waals surface area contributed by atoms with Gasteiger partial charge in [0.15, 0.2) is 6.23 Å². The molecule has 1 aromatic heterocycles. The van der Waals surface area contributed by atoms with Gasteiger partial charge in [-0.05, 0) is 23.6 Å². The van der Waals surface area contributed by atoms with Crippen molar-refractivity contribution >= 4 is 8.25 Å². The monoisotopic (exact) mass is 546 g/mol. The molecule has 0 spiro atoms. The summed E-state index contributed by atoms with van der Waals surface area (Å²) in [7, 11) is -2.85. The fourth-order valence-electron chi connectivity index (χ4n) is 5.37. The highest BCUT2D eigenvalue weighted by atomic mass is 31.1. The summed E-state index contributed by atoms with van der Waals surface area (Å²) in [6.07, 6.45) is 0.00151. The summed E-state index contributed by atoms with van der Waals surface area (Å²) in [5.41, 5.74) is 1.49. The standard InChI is InChI=1S/C29H28N3O6P/c1-21-17-32(28(34)30-27(21)33)26-19-31(18-25(38-26)20-37-39(35)36)29(22-11-5-2-6-12-22,23-13-7-3-8-14-23)24-15-9-4-10-16-24/h2-17,25-26H,18-20H2,1H3,(H-,30,33,34,35,36)/p+1/t25-,26+/m0/s1. The first kappa shape index (κ1) is 26.9. The van der Waals surface area contributed by atoms with Crippen LogP contribution in [0.3, 0.4) is 0 Å². The van der Waals surface area contributed by atoms with Crippen LogP contribution in [-0.4, -0.2) is 45.1 Å². The molecule has 9 nitrogen and oxygen atoms in total. The molecule has 2 N–H and O–H groups in total. The van der Waals surface area contributed by atoms with Gasteiger partial charge < -0.3 is 4.74 Å². The van der Waals surface area contributed by atoms with Crippen molar-refractivity contribution in [3.8, 4) is 0 Å². The van der Waals surface area contributed by atoms with Crippen molar-refractivity contribution in [2.75, 3.05) is 19.7 Å². The lowest BCUT2D eigenvalue weighted by atomic mass is 9.75. The number of hydrogen-bond acceptors (Lipinski definition) is 6. The van der Waals surface area contributed by atoms with Crippen LogP contribution in [0.5, 0.6) is 0 Å². The first-order valence-corrected chi connectivity index (χ1v) is 13.7. The van der Waals surface area contributed by atoms with E-state index in [0.717, 1.165) is 16.7 Å². The van der Waals surface area contributed by atoms with Gasteiger partial charge in [0.05, 0.1) is 5.54 Å². The third-order valence-corrected chi connectivity index (χ3v) is 7.40. The van der Waals surface area contributed by atoms with E-state index in [2.05, 4.69) is 46.3 Å². The summed E-state index contributed by atoms with van der Waals surface area (Å²) in [5, 5.41) is 0. The lowest BCUT2D eigenvalue weighted by Crippen LogP contribution is -2.58. The summed E-state index contributed by atoms with van der Waals surface area (Å²) in [6.45, 7) is 2.06. The molecule has 1 fully saturated rings. The highest BCUT2D eigenvalue weighted by Crippen LogP contribution is 2.44. The Hall–Kier alpha value is -3.72.